The van der Waals surface area contributed by atoms with Crippen LogP contribution in [-0.2, 0) is 13.0 Å². The number of nitrogens with two attached hydrogens (primary N) is 1. The first kappa shape index (κ1) is 11.6. The number of nitrogens with zero attached hydrogens (tertiary/aromatic N) is 2. The van der Waals surface area contributed by atoms with E-state index in [4.69, 9.17) is 11.0 Å². The second kappa shape index (κ2) is 4.66. The zero-order chi connectivity index (χ0) is 13.2. The first-order valence-electron chi connectivity index (χ1n) is 6.39. The molecule has 3 rings (SSSR count). The summed E-state index contributed by atoms with van der Waals surface area (Å²) in [5.41, 5.74) is 10.7. The number of nitrogen functional groups attached to an aromatic ring is 1. The van der Waals surface area contributed by atoms with Crippen LogP contribution in [-0.4, -0.2) is 6.54 Å². The van der Waals surface area contributed by atoms with Crippen molar-refractivity contribution in [3.63, 3.8) is 0 Å². The number of fused-ring (bicyclic) bond motifs is 1. The van der Waals surface area contributed by atoms with Crippen LogP contribution in [0.5, 0.6) is 0 Å². The minimum Gasteiger partial charge on any atom is -0.398 e. The molecule has 94 valence electrons. The van der Waals surface area contributed by atoms with Crippen molar-refractivity contribution >= 4 is 11.4 Å². The van der Waals surface area contributed by atoms with Crippen molar-refractivity contribution in [2.75, 3.05) is 17.2 Å². The minimum absolute atomic E-state index is 0.545. The predicted molar refractivity (Wildman–Crippen MR) is 76.8 cm³/mol. The van der Waals surface area contributed by atoms with Crippen molar-refractivity contribution in [2.24, 2.45) is 0 Å². The van der Waals surface area contributed by atoms with E-state index in [-0.39, 0.29) is 0 Å². The van der Waals surface area contributed by atoms with Gasteiger partial charge in [-0.1, -0.05) is 24.3 Å². The topological polar surface area (TPSA) is 53.0 Å². The fraction of sp³-hybridized carbons (Fsp3) is 0.188. The average molecular weight is 249 g/mol. The van der Waals surface area contributed by atoms with Crippen LogP contribution < -0.4 is 10.6 Å². The van der Waals surface area contributed by atoms with Crippen molar-refractivity contribution in [3.05, 3.63) is 59.2 Å². The maximum atomic E-state index is 9.05. The van der Waals surface area contributed by atoms with Gasteiger partial charge in [-0.2, -0.15) is 5.26 Å². The minimum atomic E-state index is 0.545. The highest BCUT2D eigenvalue weighted by molar-refractivity contribution is 5.63. The Morgan fingerprint density at radius 3 is 2.68 bits per heavy atom. The van der Waals surface area contributed by atoms with Gasteiger partial charge in [0.2, 0.25) is 0 Å². The molecule has 0 saturated carbocycles. The summed E-state index contributed by atoms with van der Waals surface area (Å²) in [6.07, 6.45) is 1.04. The summed E-state index contributed by atoms with van der Waals surface area (Å²) >= 11 is 0. The Labute approximate surface area is 112 Å². The molecule has 3 heteroatoms. The van der Waals surface area contributed by atoms with Gasteiger partial charge in [-0.15, -0.1) is 0 Å². The molecule has 19 heavy (non-hydrogen) atoms. The number of rotatable bonds is 1. The van der Waals surface area contributed by atoms with Crippen molar-refractivity contribution in [3.8, 4) is 6.07 Å². The lowest BCUT2D eigenvalue weighted by atomic mass is 9.99. The van der Waals surface area contributed by atoms with Gasteiger partial charge < -0.3 is 10.6 Å². The fourth-order valence-electron chi connectivity index (χ4n) is 2.55. The highest BCUT2D eigenvalue weighted by Crippen LogP contribution is 2.26. The van der Waals surface area contributed by atoms with Gasteiger partial charge in [-0.05, 0) is 35.7 Å². The Balaban J connectivity index is 1.91. The molecule has 0 saturated heterocycles. The second-order valence-electron chi connectivity index (χ2n) is 4.82. The summed E-state index contributed by atoms with van der Waals surface area (Å²) in [5, 5.41) is 9.05. The first-order chi connectivity index (χ1) is 9.28. The number of benzene rings is 2. The zero-order valence-corrected chi connectivity index (χ0v) is 10.6. The van der Waals surface area contributed by atoms with Gasteiger partial charge in [0.1, 0.15) is 6.07 Å². The molecule has 0 aromatic heterocycles. The van der Waals surface area contributed by atoms with Crippen LogP contribution in [0.2, 0.25) is 0 Å². The molecule has 2 aromatic carbocycles. The third-order valence-electron chi connectivity index (χ3n) is 3.65. The maximum absolute atomic E-state index is 9.05. The molecular formula is C16H15N3. The Bertz CT molecular complexity index is 655. The molecule has 0 unspecified atom stereocenters. The summed E-state index contributed by atoms with van der Waals surface area (Å²) < 4.78 is 0. The van der Waals surface area contributed by atoms with Gasteiger partial charge in [0.25, 0.3) is 0 Å². The molecule has 1 heterocycles. The van der Waals surface area contributed by atoms with Crippen LogP contribution in [0.25, 0.3) is 0 Å². The highest BCUT2D eigenvalue weighted by atomic mass is 15.1. The molecular weight excluding hydrogens is 234 g/mol. The largest absolute Gasteiger partial charge is 0.398 e. The zero-order valence-electron chi connectivity index (χ0n) is 10.6. The van der Waals surface area contributed by atoms with Gasteiger partial charge in [0.15, 0.2) is 0 Å². The van der Waals surface area contributed by atoms with E-state index in [0.29, 0.717) is 11.3 Å². The van der Waals surface area contributed by atoms with Gasteiger partial charge in [-0.25, -0.2) is 0 Å². The van der Waals surface area contributed by atoms with Crippen LogP contribution in [0.4, 0.5) is 11.4 Å². The molecule has 0 spiro atoms. The molecule has 2 aromatic rings. The first-order valence-corrected chi connectivity index (χ1v) is 6.39. The SMILES string of the molecule is N#Cc1cc(N2CCc3ccccc3C2)ccc1N. The van der Waals surface area contributed by atoms with E-state index in [1.807, 2.05) is 18.2 Å². The van der Waals surface area contributed by atoms with E-state index >= 15 is 0 Å². The number of hydrogen-bond acceptors (Lipinski definition) is 3. The maximum Gasteiger partial charge on any atom is 0.101 e. The molecule has 1 aliphatic heterocycles. The Hall–Kier alpha value is -2.47. The molecule has 0 radical (unpaired) electrons. The molecule has 0 bridgehead atoms. The monoisotopic (exact) mass is 249 g/mol. The van der Waals surface area contributed by atoms with Crippen molar-refractivity contribution in [1.29, 1.82) is 5.26 Å². The Morgan fingerprint density at radius 1 is 1.11 bits per heavy atom. The molecule has 0 fully saturated rings. The van der Waals surface area contributed by atoms with Crippen molar-refractivity contribution in [2.45, 2.75) is 13.0 Å². The van der Waals surface area contributed by atoms with Crippen LogP contribution in [0.3, 0.4) is 0 Å². The van der Waals surface area contributed by atoms with Crippen LogP contribution >= 0.6 is 0 Å². The molecule has 0 atom stereocenters. The average Bonchev–Trinajstić information content (AvgIpc) is 2.47. The quantitative estimate of drug-likeness (QED) is 0.791. The number of nitriles is 1. The van der Waals surface area contributed by atoms with Crippen LogP contribution in [0.1, 0.15) is 16.7 Å². The summed E-state index contributed by atoms with van der Waals surface area (Å²) in [6, 6.07) is 16.4. The van der Waals surface area contributed by atoms with E-state index in [2.05, 4.69) is 35.2 Å². The third kappa shape index (κ3) is 2.13. The summed E-state index contributed by atoms with van der Waals surface area (Å²) in [7, 11) is 0. The van der Waals surface area contributed by atoms with Gasteiger partial charge in [0.05, 0.1) is 5.56 Å². The summed E-state index contributed by atoms with van der Waals surface area (Å²) in [6.45, 7) is 1.87. The van der Waals surface area contributed by atoms with Gasteiger partial charge in [-0.3, -0.25) is 0 Å². The predicted octanol–water partition coefficient (Wildman–Crippen LogP) is 2.70. The van der Waals surface area contributed by atoms with Crippen molar-refractivity contribution in [1.82, 2.24) is 0 Å². The lowest BCUT2D eigenvalue weighted by Crippen LogP contribution is -2.30. The van der Waals surface area contributed by atoms with E-state index in [1.165, 1.54) is 11.1 Å². The van der Waals surface area contributed by atoms with Crippen molar-refractivity contribution < 1.29 is 0 Å². The van der Waals surface area contributed by atoms with E-state index < -0.39 is 0 Å². The fourth-order valence-corrected chi connectivity index (χ4v) is 2.55. The van der Waals surface area contributed by atoms with Crippen LogP contribution in [0.15, 0.2) is 42.5 Å². The van der Waals surface area contributed by atoms with Gasteiger partial charge in [0, 0.05) is 24.5 Å². The van der Waals surface area contributed by atoms with E-state index in [9.17, 15) is 0 Å². The molecule has 0 aliphatic carbocycles. The number of hydrogen-bond donors (Lipinski definition) is 1. The van der Waals surface area contributed by atoms with E-state index in [1.54, 1.807) is 0 Å². The van der Waals surface area contributed by atoms with Gasteiger partial charge >= 0.3 is 0 Å². The lowest BCUT2D eigenvalue weighted by Gasteiger charge is -2.31. The lowest BCUT2D eigenvalue weighted by molar-refractivity contribution is 0.732. The molecule has 1 aliphatic rings. The standard InChI is InChI=1S/C16H15N3/c17-10-14-9-15(5-6-16(14)18)19-8-7-12-3-1-2-4-13(12)11-19/h1-6,9H,7-8,11,18H2. The second-order valence-corrected chi connectivity index (χ2v) is 4.82. The van der Waals surface area contributed by atoms with Crippen LogP contribution in [0, 0.1) is 11.3 Å². The highest BCUT2D eigenvalue weighted by Gasteiger charge is 2.16. The normalized spacial score (nSPS) is 13.7. The van der Waals surface area contributed by atoms with E-state index in [0.717, 1.165) is 25.2 Å². The molecule has 3 nitrogen and oxygen atoms in total. The Kier molecular flexibility index (Phi) is 2.85. The molecule has 0 amide bonds. The summed E-state index contributed by atoms with van der Waals surface area (Å²) in [5.74, 6) is 0. The smallest absolute Gasteiger partial charge is 0.101 e. The molecule has 2 N–H and O–H groups in total. The number of anilines is 2. The summed E-state index contributed by atoms with van der Waals surface area (Å²) in [4.78, 5) is 2.29. The Morgan fingerprint density at radius 2 is 1.89 bits per heavy atom. The third-order valence-corrected chi connectivity index (χ3v) is 3.65.